The lowest BCUT2D eigenvalue weighted by atomic mass is 10.1. The lowest BCUT2D eigenvalue weighted by molar-refractivity contribution is 0.0920. The lowest BCUT2D eigenvalue weighted by Crippen LogP contribution is -2.28. The summed E-state index contributed by atoms with van der Waals surface area (Å²) in [5.74, 6) is 1.66. The van der Waals surface area contributed by atoms with Gasteiger partial charge in [0.05, 0.1) is 13.2 Å². The number of rotatable bonds is 7. The van der Waals surface area contributed by atoms with E-state index in [0.29, 0.717) is 25.5 Å². The average Bonchev–Trinajstić information content (AvgIpc) is 2.97. The summed E-state index contributed by atoms with van der Waals surface area (Å²) >= 11 is 0. The van der Waals surface area contributed by atoms with Crippen molar-refractivity contribution in [3.63, 3.8) is 0 Å². The molecule has 1 aromatic heterocycles. The minimum Gasteiger partial charge on any atom is -0.494 e. The van der Waals surface area contributed by atoms with Gasteiger partial charge in [-0.1, -0.05) is 18.2 Å². The summed E-state index contributed by atoms with van der Waals surface area (Å²) in [4.78, 5) is 12.3. The number of hydrogen-bond acceptors (Lipinski definition) is 4. The number of carbonyl (C=O) groups excluding carboxylic acids is 1. The second kappa shape index (κ2) is 7.75. The number of amides is 1. The first-order valence-electron chi connectivity index (χ1n) is 8.31. The second-order valence-electron chi connectivity index (χ2n) is 5.56. The summed E-state index contributed by atoms with van der Waals surface area (Å²) in [6, 6.07) is 15.0. The Labute approximate surface area is 146 Å². The van der Waals surface area contributed by atoms with Crippen molar-refractivity contribution < 1.29 is 18.7 Å². The van der Waals surface area contributed by atoms with Crippen LogP contribution in [0.4, 0.5) is 0 Å². The van der Waals surface area contributed by atoms with Gasteiger partial charge < -0.3 is 19.2 Å². The zero-order valence-electron chi connectivity index (χ0n) is 14.4. The Bertz CT molecular complexity index is 852. The van der Waals surface area contributed by atoms with Crippen molar-refractivity contribution in [2.24, 2.45) is 0 Å². The molecule has 3 rings (SSSR count). The molecule has 0 aliphatic carbocycles. The van der Waals surface area contributed by atoms with Crippen LogP contribution in [0.3, 0.4) is 0 Å². The molecule has 130 valence electrons. The Morgan fingerprint density at radius 3 is 2.40 bits per heavy atom. The van der Waals surface area contributed by atoms with E-state index in [2.05, 4.69) is 5.32 Å². The predicted octanol–water partition coefficient (Wildman–Crippen LogP) is 3.95. The smallest absolute Gasteiger partial charge is 0.287 e. The van der Waals surface area contributed by atoms with Crippen LogP contribution >= 0.6 is 0 Å². The largest absolute Gasteiger partial charge is 0.494 e. The highest BCUT2D eigenvalue weighted by Crippen LogP contribution is 2.24. The quantitative estimate of drug-likeness (QED) is 0.662. The number of fused-ring (bicyclic) bond motifs is 1. The standard InChI is InChI=1S/C20H21NO4/c1-3-23-15-8-10-16(11-9-15)24-13-12-21-20(22)19-14(2)17-6-4-5-7-18(17)25-19/h4-11H,3,12-13H2,1-2H3,(H,21,22). The molecule has 0 radical (unpaired) electrons. The fourth-order valence-corrected chi connectivity index (χ4v) is 2.60. The van der Waals surface area contributed by atoms with Gasteiger partial charge in [-0.2, -0.15) is 0 Å². The van der Waals surface area contributed by atoms with E-state index >= 15 is 0 Å². The fraction of sp³-hybridized carbons (Fsp3) is 0.250. The van der Waals surface area contributed by atoms with Crippen LogP contribution in [0, 0.1) is 6.92 Å². The molecule has 1 amide bonds. The summed E-state index contributed by atoms with van der Waals surface area (Å²) in [5, 5.41) is 3.78. The predicted molar refractivity (Wildman–Crippen MR) is 96.4 cm³/mol. The van der Waals surface area contributed by atoms with E-state index in [1.54, 1.807) is 0 Å². The van der Waals surface area contributed by atoms with E-state index < -0.39 is 0 Å². The first-order valence-corrected chi connectivity index (χ1v) is 8.31. The van der Waals surface area contributed by atoms with Crippen LogP contribution in [0.15, 0.2) is 52.9 Å². The van der Waals surface area contributed by atoms with E-state index in [4.69, 9.17) is 13.9 Å². The van der Waals surface area contributed by atoms with Crippen molar-refractivity contribution >= 4 is 16.9 Å². The van der Waals surface area contributed by atoms with Crippen molar-refractivity contribution in [3.05, 3.63) is 59.9 Å². The number of benzene rings is 2. The van der Waals surface area contributed by atoms with Crippen molar-refractivity contribution in [2.45, 2.75) is 13.8 Å². The van der Waals surface area contributed by atoms with Gasteiger partial charge in [-0.25, -0.2) is 0 Å². The van der Waals surface area contributed by atoms with E-state index in [9.17, 15) is 4.79 Å². The molecule has 5 heteroatoms. The van der Waals surface area contributed by atoms with E-state index in [0.717, 1.165) is 28.0 Å². The van der Waals surface area contributed by atoms with Crippen LogP contribution in [0.5, 0.6) is 11.5 Å². The Kier molecular flexibility index (Phi) is 5.23. The SMILES string of the molecule is CCOc1ccc(OCCNC(=O)c2oc3ccccc3c2C)cc1. The number of carbonyl (C=O) groups is 1. The van der Waals surface area contributed by atoms with E-state index in [1.807, 2.05) is 62.4 Å². The van der Waals surface area contributed by atoms with Gasteiger partial charge in [-0.15, -0.1) is 0 Å². The topological polar surface area (TPSA) is 60.7 Å². The summed E-state index contributed by atoms with van der Waals surface area (Å²) in [7, 11) is 0. The highest BCUT2D eigenvalue weighted by molar-refractivity contribution is 5.98. The maximum Gasteiger partial charge on any atom is 0.287 e. The van der Waals surface area contributed by atoms with Gasteiger partial charge in [-0.05, 0) is 44.2 Å². The Morgan fingerprint density at radius 2 is 1.72 bits per heavy atom. The van der Waals surface area contributed by atoms with E-state index in [-0.39, 0.29) is 5.91 Å². The Morgan fingerprint density at radius 1 is 1.04 bits per heavy atom. The highest BCUT2D eigenvalue weighted by Gasteiger charge is 2.16. The number of furan rings is 1. The molecule has 3 aromatic rings. The summed E-state index contributed by atoms with van der Waals surface area (Å²) in [6.45, 7) is 5.23. The highest BCUT2D eigenvalue weighted by atomic mass is 16.5. The maximum atomic E-state index is 12.3. The number of para-hydroxylation sites is 1. The first kappa shape index (κ1) is 16.9. The molecule has 1 heterocycles. The summed E-state index contributed by atoms with van der Waals surface area (Å²) in [6.07, 6.45) is 0. The molecule has 0 bridgehead atoms. The van der Waals surface area contributed by atoms with Crippen LogP contribution in [0.1, 0.15) is 23.0 Å². The molecule has 25 heavy (non-hydrogen) atoms. The van der Waals surface area contributed by atoms with Gasteiger partial charge in [0.2, 0.25) is 0 Å². The molecule has 0 aliphatic rings. The van der Waals surface area contributed by atoms with Crippen LogP contribution in [0.25, 0.3) is 11.0 Å². The third kappa shape index (κ3) is 3.94. The van der Waals surface area contributed by atoms with Gasteiger partial charge in [0.25, 0.3) is 5.91 Å². The minimum atomic E-state index is -0.232. The summed E-state index contributed by atoms with van der Waals surface area (Å²) in [5.41, 5.74) is 1.57. The Balaban J connectivity index is 1.51. The first-order chi connectivity index (χ1) is 12.2. The number of nitrogens with one attached hydrogen (secondary N) is 1. The monoisotopic (exact) mass is 339 g/mol. The van der Waals surface area contributed by atoms with Crippen LogP contribution in [-0.4, -0.2) is 25.7 Å². The molecule has 0 atom stereocenters. The third-order valence-electron chi connectivity index (χ3n) is 3.84. The van der Waals surface area contributed by atoms with Gasteiger partial charge in [-0.3, -0.25) is 4.79 Å². The van der Waals surface area contributed by atoms with Crippen LogP contribution < -0.4 is 14.8 Å². The van der Waals surface area contributed by atoms with Crippen molar-refractivity contribution in [1.29, 1.82) is 0 Å². The van der Waals surface area contributed by atoms with Gasteiger partial charge in [0.1, 0.15) is 23.7 Å². The number of hydrogen-bond donors (Lipinski definition) is 1. The van der Waals surface area contributed by atoms with Crippen molar-refractivity contribution in [2.75, 3.05) is 19.8 Å². The molecular weight excluding hydrogens is 318 g/mol. The van der Waals surface area contributed by atoms with Gasteiger partial charge >= 0.3 is 0 Å². The Hall–Kier alpha value is -2.95. The molecule has 0 unspecified atom stereocenters. The molecule has 0 spiro atoms. The third-order valence-corrected chi connectivity index (χ3v) is 3.84. The number of aryl methyl sites for hydroxylation is 1. The number of ether oxygens (including phenoxy) is 2. The normalized spacial score (nSPS) is 10.6. The minimum absolute atomic E-state index is 0.232. The van der Waals surface area contributed by atoms with Crippen LogP contribution in [-0.2, 0) is 0 Å². The van der Waals surface area contributed by atoms with Gasteiger partial charge in [0.15, 0.2) is 5.76 Å². The second-order valence-corrected chi connectivity index (χ2v) is 5.56. The zero-order chi connectivity index (χ0) is 17.6. The van der Waals surface area contributed by atoms with E-state index in [1.165, 1.54) is 0 Å². The molecule has 0 fully saturated rings. The molecular formula is C20H21NO4. The van der Waals surface area contributed by atoms with Crippen molar-refractivity contribution in [1.82, 2.24) is 5.32 Å². The molecule has 0 aliphatic heterocycles. The molecule has 2 aromatic carbocycles. The molecule has 0 saturated carbocycles. The van der Waals surface area contributed by atoms with Crippen molar-refractivity contribution in [3.8, 4) is 11.5 Å². The molecule has 0 saturated heterocycles. The summed E-state index contributed by atoms with van der Waals surface area (Å²) < 4.78 is 16.6. The fourth-order valence-electron chi connectivity index (χ4n) is 2.60. The molecule has 1 N–H and O–H groups in total. The zero-order valence-corrected chi connectivity index (χ0v) is 14.4. The average molecular weight is 339 g/mol. The maximum absolute atomic E-state index is 12.3. The van der Waals surface area contributed by atoms with Gasteiger partial charge in [0, 0.05) is 10.9 Å². The lowest BCUT2D eigenvalue weighted by Gasteiger charge is -2.08. The molecule has 5 nitrogen and oxygen atoms in total. The van der Waals surface area contributed by atoms with Crippen LogP contribution in [0.2, 0.25) is 0 Å².